The smallest absolute Gasteiger partial charge is 0.180 e. The Morgan fingerprint density at radius 3 is 3.17 bits per heavy atom. The summed E-state index contributed by atoms with van der Waals surface area (Å²) in [5.41, 5.74) is 2.86. The average molecular weight is 265 g/mol. The van der Waals surface area contributed by atoms with Gasteiger partial charge >= 0.3 is 0 Å². The molecule has 3 heterocycles. The predicted molar refractivity (Wildman–Crippen MR) is 72.0 cm³/mol. The number of anilines is 2. The third-order valence-corrected chi connectivity index (χ3v) is 3.14. The molecule has 0 saturated carbocycles. The Morgan fingerprint density at radius 1 is 1.56 bits per heavy atom. The lowest BCUT2D eigenvalue weighted by Gasteiger charge is -2.16. The summed E-state index contributed by atoms with van der Waals surface area (Å²) in [5.74, 6) is 0.774. The van der Waals surface area contributed by atoms with Crippen molar-refractivity contribution in [3.8, 4) is 0 Å². The molecule has 1 fully saturated rings. The van der Waals surface area contributed by atoms with Gasteiger partial charge in [-0.2, -0.15) is 5.10 Å². The van der Waals surface area contributed by atoms with E-state index in [4.69, 9.17) is 12.2 Å². The monoisotopic (exact) mass is 265 g/mol. The number of thiocarbonyl (C=S) groups is 1. The zero-order chi connectivity index (χ0) is 12.5. The van der Waals surface area contributed by atoms with Gasteiger partial charge in [-0.1, -0.05) is 12.2 Å². The third-order valence-electron chi connectivity index (χ3n) is 3.02. The maximum Gasteiger partial charge on any atom is 0.180 e. The first kappa shape index (κ1) is 11.3. The van der Waals surface area contributed by atoms with Crippen molar-refractivity contribution in [1.29, 1.82) is 0 Å². The van der Waals surface area contributed by atoms with Crippen molar-refractivity contribution in [1.82, 2.24) is 14.6 Å². The summed E-state index contributed by atoms with van der Waals surface area (Å²) in [6.45, 7) is 1.11. The molecule has 1 aliphatic rings. The first-order chi connectivity index (χ1) is 8.78. The molecule has 0 amide bonds. The molecule has 7 heteroatoms. The maximum absolute atomic E-state index is 13.2. The van der Waals surface area contributed by atoms with Gasteiger partial charge in [0.05, 0.1) is 18.2 Å². The molecule has 94 valence electrons. The lowest BCUT2D eigenvalue weighted by atomic mass is 10.3. The van der Waals surface area contributed by atoms with E-state index in [1.54, 1.807) is 10.7 Å². The molecular formula is C11H12FN5S. The van der Waals surface area contributed by atoms with Crippen LogP contribution in [0.3, 0.4) is 0 Å². The summed E-state index contributed by atoms with van der Waals surface area (Å²) >= 11 is 4.76. The summed E-state index contributed by atoms with van der Waals surface area (Å²) in [7, 11) is 0. The van der Waals surface area contributed by atoms with Gasteiger partial charge in [-0.05, 0) is 12.5 Å². The third kappa shape index (κ3) is 1.90. The molecule has 1 saturated heterocycles. The van der Waals surface area contributed by atoms with Crippen LogP contribution >= 0.6 is 12.2 Å². The highest BCUT2D eigenvalue weighted by Gasteiger charge is 2.23. The predicted octanol–water partition coefficient (Wildman–Crippen LogP) is 1.65. The van der Waals surface area contributed by atoms with E-state index in [0.717, 1.165) is 11.5 Å². The fraction of sp³-hybridized carbons (Fsp3) is 0.364. The number of rotatable bonds is 3. The van der Waals surface area contributed by atoms with Gasteiger partial charge in [0.2, 0.25) is 0 Å². The van der Waals surface area contributed by atoms with E-state index < -0.39 is 6.17 Å². The van der Waals surface area contributed by atoms with Gasteiger partial charge in [-0.3, -0.25) is 0 Å². The van der Waals surface area contributed by atoms with E-state index in [9.17, 15) is 4.39 Å². The van der Waals surface area contributed by atoms with E-state index in [-0.39, 0.29) is 0 Å². The van der Waals surface area contributed by atoms with Crippen LogP contribution in [0.25, 0.3) is 5.65 Å². The van der Waals surface area contributed by atoms with Crippen LogP contribution in [0.15, 0.2) is 18.5 Å². The van der Waals surface area contributed by atoms with Gasteiger partial charge in [0.1, 0.15) is 17.7 Å². The van der Waals surface area contributed by atoms with Crippen LogP contribution < -0.4 is 10.2 Å². The summed E-state index contributed by atoms with van der Waals surface area (Å²) < 4.78 is 14.9. The van der Waals surface area contributed by atoms with E-state index >= 15 is 0 Å². The van der Waals surface area contributed by atoms with Gasteiger partial charge in [0.15, 0.2) is 5.65 Å². The molecule has 1 N–H and O–H groups in total. The van der Waals surface area contributed by atoms with Crippen LogP contribution in [0.1, 0.15) is 6.42 Å². The summed E-state index contributed by atoms with van der Waals surface area (Å²) in [6.07, 6.45) is 3.29. The van der Waals surface area contributed by atoms with E-state index in [1.807, 2.05) is 17.2 Å². The number of hydrogen-bond donors (Lipinski definition) is 1. The Bertz CT molecular complexity index is 584. The lowest BCUT2D eigenvalue weighted by molar-refractivity contribution is 0.364. The second-order valence-corrected chi connectivity index (χ2v) is 4.44. The minimum atomic E-state index is -0.758. The van der Waals surface area contributed by atoms with Crippen molar-refractivity contribution in [2.75, 3.05) is 23.3 Å². The molecule has 5 nitrogen and oxygen atoms in total. The number of fused-ring (bicyclic) bond motifs is 1. The number of halogens is 1. The molecule has 1 aliphatic heterocycles. The number of aromatic nitrogens is 3. The molecular weight excluding hydrogens is 253 g/mol. The topological polar surface area (TPSA) is 45.5 Å². The molecule has 0 bridgehead atoms. The Labute approximate surface area is 109 Å². The van der Waals surface area contributed by atoms with Crippen LogP contribution in [-0.4, -0.2) is 39.4 Å². The van der Waals surface area contributed by atoms with Crippen molar-refractivity contribution in [2.45, 2.75) is 12.6 Å². The SMILES string of the molecule is FC1CCN(c2ccn3ncc(NC=S)c3n2)C1. The van der Waals surface area contributed by atoms with Crippen LogP contribution in [-0.2, 0) is 0 Å². The molecule has 3 rings (SSSR count). The fourth-order valence-corrected chi connectivity index (χ4v) is 2.25. The highest BCUT2D eigenvalue weighted by atomic mass is 32.1. The number of hydrogen-bond acceptors (Lipinski definition) is 4. The fourth-order valence-electron chi connectivity index (χ4n) is 2.13. The molecule has 0 aromatic carbocycles. The summed E-state index contributed by atoms with van der Waals surface area (Å²) in [5, 5.41) is 7.06. The summed E-state index contributed by atoms with van der Waals surface area (Å²) in [6, 6.07) is 1.85. The quantitative estimate of drug-likeness (QED) is 0.855. The van der Waals surface area contributed by atoms with Crippen LogP contribution in [0, 0.1) is 0 Å². The molecule has 0 spiro atoms. The molecule has 0 aliphatic carbocycles. The standard InChI is InChI=1S/C11H12FN5S/c12-8-1-3-16(6-8)10-2-4-17-11(15-10)9(5-14-17)13-7-18/h2,4-5,7-8H,1,3,6H2,(H,13,18). The highest BCUT2D eigenvalue weighted by molar-refractivity contribution is 7.79. The van der Waals surface area contributed by atoms with Gasteiger partial charge in [-0.25, -0.2) is 13.9 Å². The van der Waals surface area contributed by atoms with Crippen molar-refractivity contribution in [3.05, 3.63) is 18.5 Å². The Morgan fingerprint density at radius 2 is 2.44 bits per heavy atom. The highest BCUT2D eigenvalue weighted by Crippen LogP contribution is 2.22. The second kappa shape index (κ2) is 4.49. The summed E-state index contributed by atoms with van der Waals surface area (Å²) in [4.78, 5) is 6.44. The Hall–Kier alpha value is -1.76. The number of nitrogens with one attached hydrogen (secondary N) is 1. The van der Waals surface area contributed by atoms with Crippen molar-refractivity contribution >= 4 is 34.9 Å². The van der Waals surface area contributed by atoms with Gasteiger partial charge in [0, 0.05) is 12.7 Å². The molecule has 2 aromatic rings. The van der Waals surface area contributed by atoms with Crippen molar-refractivity contribution in [2.24, 2.45) is 0 Å². The molecule has 2 aromatic heterocycles. The van der Waals surface area contributed by atoms with E-state index in [0.29, 0.717) is 25.2 Å². The number of nitrogens with zero attached hydrogens (tertiary/aromatic N) is 4. The molecule has 0 radical (unpaired) electrons. The minimum Gasteiger partial charge on any atom is -0.353 e. The average Bonchev–Trinajstić information content (AvgIpc) is 2.96. The van der Waals surface area contributed by atoms with Gasteiger partial charge in [0.25, 0.3) is 0 Å². The molecule has 1 unspecified atom stereocenters. The maximum atomic E-state index is 13.2. The zero-order valence-corrected chi connectivity index (χ0v) is 10.4. The van der Waals surface area contributed by atoms with Crippen molar-refractivity contribution < 1.29 is 4.39 Å². The second-order valence-electron chi connectivity index (χ2n) is 4.21. The van der Waals surface area contributed by atoms with Crippen LogP contribution in [0.5, 0.6) is 0 Å². The first-order valence-electron chi connectivity index (χ1n) is 5.71. The minimum absolute atomic E-state index is 0.410. The van der Waals surface area contributed by atoms with E-state index in [1.165, 1.54) is 5.49 Å². The van der Waals surface area contributed by atoms with E-state index in [2.05, 4.69) is 15.4 Å². The number of alkyl halides is 1. The van der Waals surface area contributed by atoms with Crippen molar-refractivity contribution in [3.63, 3.8) is 0 Å². The lowest BCUT2D eigenvalue weighted by Crippen LogP contribution is -2.21. The zero-order valence-electron chi connectivity index (χ0n) is 9.58. The van der Waals surface area contributed by atoms with Crippen LogP contribution in [0.2, 0.25) is 0 Å². The molecule has 18 heavy (non-hydrogen) atoms. The van der Waals surface area contributed by atoms with Gasteiger partial charge < -0.3 is 10.2 Å². The van der Waals surface area contributed by atoms with Gasteiger partial charge in [-0.15, -0.1) is 0 Å². The normalized spacial score (nSPS) is 19.4. The molecule has 1 atom stereocenters. The van der Waals surface area contributed by atoms with Crippen LogP contribution in [0.4, 0.5) is 15.9 Å². The Balaban J connectivity index is 1.98. The largest absolute Gasteiger partial charge is 0.353 e. The first-order valence-corrected chi connectivity index (χ1v) is 6.18. The Kier molecular flexibility index (Phi) is 2.83.